The Labute approximate surface area is 179 Å². The highest BCUT2D eigenvalue weighted by atomic mass is 32.2. The summed E-state index contributed by atoms with van der Waals surface area (Å²) in [5.74, 6) is -0.167. The van der Waals surface area contributed by atoms with Gasteiger partial charge in [-0.2, -0.15) is 0 Å². The smallest absolute Gasteiger partial charge is 0.264 e. The number of carbonyl (C=O) groups excluding carboxylic acids is 1. The molecule has 0 aliphatic rings. The van der Waals surface area contributed by atoms with Gasteiger partial charge in [0.05, 0.1) is 22.7 Å². The summed E-state index contributed by atoms with van der Waals surface area (Å²) in [7, 11) is -3.84. The van der Waals surface area contributed by atoms with Crippen molar-refractivity contribution >= 4 is 33.1 Å². The molecule has 10 heteroatoms. The Morgan fingerprint density at radius 1 is 1.13 bits per heavy atom. The minimum atomic E-state index is -3.84. The van der Waals surface area contributed by atoms with Crippen LogP contribution >= 0.6 is 0 Å². The average Bonchev–Trinajstić information content (AvgIpc) is 3.25. The average molecular weight is 439 g/mol. The van der Waals surface area contributed by atoms with E-state index in [-0.39, 0.29) is 23.1 Å². The first-order valence-electron chi connectivity index (χ1n) is 9.51. The molecule has 1 aromatic carbocycles. The maximum absolute atomic E-state index is 12.6. The van der Waals surface area contributed by atoms with E-state index in [4.69, 9.17) is 4.52 Å². The predicted molar refractivity (Wildman–Crippen MR) is 115 cm³/mol. The monoisotopic (exact) mass is 439 g/mol. The molecule has 0 bridgehead atoms. The fraction of sp³-hybridized carbons (Fsp3) is 0.190. The molecule has 160 valence electrons. The lowest BCUT2D eigenvalue weighted by molar-refractivity contribution is -0.115. The predicted octanol–water partition coefficient (Wildman–Crippen LogP) is 3.23. The summed E-state index contributed by atoms with van der Waals surface area (Å²) < 4.78 is 34.3. The van der Waals surface area contributed by atoms with Crippen LogP contribution in [0.5, 0.6) is 0 Å². The summed E-state index contributed by atoms with van der Waals surface area (Å²) >= 11 is 0. The lowest BCUT2D eigenvalue weighted by Crippen LogP contribution is -2.15. The molecule has 0 radical (unpaired) electrons. The van der Waals surface area contributed by atoms with Crippen molar-refractivity contribution in [2.75, 3.05) is 10.0 Å². The van der Waals surface area contributed by atoms with Crippen LogP contribution < -0.4 is 10.0 Å². The molecule has 0 atom stereocenters. The Hall–Kier alpha value is -3.66. The summed E-state index contributed by atoms with van der Waals surface area (Å²) in [6.45, 7) is 5.42. The second kappa shape index (κ2) is 7.88. The number of fused-ring (bicyclic) bond motifs is 1. The van der Waals surface area contributed by atoms with E-state index in [2.05, 4.69) is 20.2 Å². The van der Waals surface area contributed by atoms with Gasteiger partial charge < -0.3 is 14.2 Å². The molecule has 0 aliphatic heterocycles. The molecule has 2 N–H and O–H groups in total. The molecule has 0 fully saturated rings. The van der Waals surface area contributed by atoms with E-state index in [9.17, 15) is 13.2 Å². The minimum Gasteiger partial charge on any atom is -0.337 e. The standard InChI is InChI=1S/C21H21N5O4S/c1-13-8-9-26-12-17(22-19(26)10-13)11-20(27)23-16-4-6-18(7-5-16)31(28,29)25-21-14(2)15(3)24-30-21/h4-10,12,25H,11H2,1-3H3,(H,23,27). The topological polar surface area (TPSA) is 119 Å². The maximum Gasteiger partial charge on any atom is 0.264 e. The van der Waals surface area contributed by atoms with Gasteiger partial charge in [0.1, 0.15) is 5.65 Å². The number of amides is 1. The third-order valence-corrected chi connectivity index (χ3v) is 6.19. The Bertz CT molecular complexity index is 1370. The largest absolute Gasteiger partial charge is 0.337 e. The number of hydrogen-bond acceptors (Lipinski definition) is 6. The maximum atomic E-state index is 12.6. The number of anilines is 2. The molecule has 0 saturated heterocycles. The summed E-state index contributed by atoms with van der Waals surface area (Å²) in [5.41, 5.74) is 4.22. The van der Waals surface area contributed by atoms with E-state index >= 15 is 0 Å². The van der Waals surface area contributed by atoms with Gasteiger partial charge in [0, 0.05) is 23.6 Å². The number of benzene rings is 1. The van der Waals surface area contributed by atoms with Crippen molar-refractivity contribution in [1.29, 1.82) is 0 Å². The zero-order valence-electron chi connectivity index (χ0n) is 17.2. The molecule has 31 heavy (non-hydrogen) atoms. The van der Waals surface area contributed by atoms with Gasteiger partial charge in [-0.3, -0.25) is 4.79 Å². The van der Waals surface area contributed by atoms with Gasteiger partial charge in [-0.25, -0.2) is 18.1 Å². The molecule has 0 spiro atoms. The van der Waals surface area contributed by atoms with Gasteiger partial charge in [-0.1, -0.05) is 5.16 Å². The molecule has 4 aromatic rings. The first kappa shape index (κ1) is 20.6. The van der Waals surface area contributed by atoms with Gasteiger partial charge in [0.15, 0.2) is 0 Å². The first-order chi connectivity index (χ1) is 14.7. The van der Waals surface area contributed by atoms with Crippen LogP contribution in [0.2, 0.25) is 0 Å². The van der Waals surface area contributed by atoms with Crippen molar-refractivity contribution in [2.45, 2.75) is 32.1 Å². The van der Waals surface area contributed by atoms with Gasteiger partial charge in [0.2, 0.25) is 11.8 Å². The van der Waals surface area contributed by atoms with E-state index in [0.29, 0.717) is 22.6 Å². The zero-order valence-corrected chi connectivity index (χ0v) is 18.0. The highest BCUT2D eigenvalue weighted by Crippen LogP contribution is 2.22. The Morgan fingerprint density at radius 2 is 1.87 bits per heavy atom. The molecular weight excluding hydrogens is 418 g/mol. The van der Waals surface area contributed by atoms with Crippen molar-refractivity contribution in [3.05, 3.63) is 71.3 Å². The summed E-state index contributed by atoms with van der Waals surface area (Å²) in [6, 6.07) is 9.77. The lowest BCUT2D eigenvalue weighted by Gasteiger charge is -2.08. The highest BCUT2D eigenvalue weighted by Gasteiger charge is 2.19. The quantitative estimate of drug-likeness (QED) is 0.476. The van der Waals surface area contributed by atoms with Gasteiger partial charge >= 0.3 is 0 Å². The van der Waals surface area contributed by atoms with E-state index in [1.165, 1.54) is 24.3 Å². The number of aryl methyl sites for hydroxylation is 2. The van der Waals surface area contributed by atoms with E-state index in [1.54, 1.807) is 13.8 Å². The second-order valence-electron chi connectivity index (χ2n) is 7.28. The minimum absolute atomic E-state index is 0.0367. The van der Waals surface area contributed by atoms with E-state index < -0.39 is 10.0 Å². The van der Waals surface area contributed by atoms with E-state index in [0.717, 1.165) is 11.2 Å². The van der Waals surface area contributed by atoms with Crippen LogP contribution in [0.3, 0.4) is 0 Å². The fourth-order valence-corrected chi connectivity index (χ4v) is 4.05. The molecule has 0 unspecified atom stereocenters. The fourth-order valence-electron chi connectivity index (χ4n) is 3.00. The number of nitrogens with zero attached hydrogens (tertiary/aromatic N) is 3. The Kier molecular flexibility index (Phi) is 5.24. The van der Waals surface area contributed by atoms with Gasteiger partial charge in [-0.15, -0.1) is 0 Å². The summed E-state index contributed by atoms with van der Waals surface area (Å²) in [4.78, 5) is 16.9. The van der Waals surface area contributed by atoms with Crippen LogP contribution in [0.25, 0.3) is 5.65 Å². The number of sulfonamides is 1. The van der Waals surface area contributed by atoms with Crippen LogP contribution in [0.1, 0.15) is 22.5 Å². The molecule has 4 rings (SSSR count). The van der Waals surface area contributed by atoms with Gasteiger partial charge in [0.25, 0.3) is 10.0 Å². The molecular formula is C21H21N5O4S. The van der Waals surface area contributed by atoms with Crippen molar-refractivity contribution in [1.82, 2.24) is 14.5 Å². The number of hydrogen-bond donors (Lipinski definition) is 2. The third kappa shape index (κ3) is 4.43. The highest BCUT2D eigenvalue weighted by molar-refractivity contribution is 7.92. The summed E-state index contributed by atoms with van der Waals surface area (Å²) in [6.07, 6.45) is 3.81. The van der Waals surface area contributed by atoms with Crippen LogP contribution in [0.4, 0.5) is 11.6 Å². The van der Waals surface area contributed by atoms with Crippen LogP contribution in [0, 0.1) is 20.8 Å². The SMILES string of the molecule is Cc1ccn2cc(CC(=O)Nc3ccc(S(=O)(=O)Nc4onc(C)c4C)cc3)nc2c1. The van der Waals surface area contributed by atoms with Crippen LogP contribution in [-0.2, 0) is 21.2 Å². The second-order valence-corrected chi connectivity index (χ2v) is 8.96. The summed E-state index contributed by atoms with van der Waals surface area (Å²) in [5, 5.41) is 6.49. The molecule has 0 aliphatic carbocycles. The number of pyridine rings is 1. The normalized spacial score (nSPS) is 11.6. The van der Waals surface area contributed by atoms with E-state index in [1.807, 2.05) is 35.9 Å². The first-order valence-corrected chi connectivity index (χ1v) is 11.0. The number of imidazole rings is 1. The van der Waals surface area contributed by atoms with Gasteiger partial charge in [-0.05, 0) is 62.7 Å². The number of nitrogens with one attached hydrogen (secondary N) is 2. The van der Waals surface area contributed by atoms with Crippen molar-refractivity contribution in [3.63, 3.8) is 0 Å². The molecule has 3 aromatic heterocycles. The van der Waals surface area contributed by atoms with Crippen molar-refractivity contribution in [3.8, 4) is 0 Å². The third-order valence-electron chi connectivity index (χ3n) is 4.84. The van der Waals surface area contributed by atoms with Crippen LogP contribution in [-0.4, -0.2) is 28.9 Å². The Morgan fingerprint density at radius 3 is 2.55 bits per heavy atom. The van der Waals surface area contributed by atoms with Crippen molar-refractivity contribution in [2.24, 2.45) is 0 Å². The number of carbonyl (C=O) groups is 1. The lowest BCUT2D eigenvalue weighted by atomic mass is 10.3. The molecule has 1 amide bonds. The molecule has 0 saturated carbocycles. The molecule has 3 heterocycles. The zero-order chi connectivity index (χ0) is 22.2. The Balaban J connectivity index is 1.42. The number of aromatic nitrogens is 3. The van der Waals surface area contributed by atoms with Crippen molar-refractivity contribution < 1.29 is 17.7 Å². The number of rotatable bonds is 6. The van der Waals surface area contributed by atoms with Crippen LogP contribution in [0.15, 0.2) is 58.2 Å². The molecule has 9 nitrogen and oxygen atoms in total.